The van der Waals surface area contributed by atoms with Crippen molar-refractivity contribution in [3.05, 3.63) is 29.3 Å². The van der Waals surface area contributed by atoms with Crippen molar-refractivity contribution in [2.24, 2.45) is 0 Å². The fourth-order valence-corrected chi connectivity index (χ4v) is 2.09. The third-order valence-corrected chi connectivity index (χ3v) is 3.03. The minimum Gasteiger partial charge on any atom is -0.374 e. The number of aliphatic hydroxyl groups is 1. The Morgan fingerprint density at radius 2 is 2.43 bits per heavy atom. The average Bonchev–Trinajstić information content (AvgIpc) is 2.85. The molecule has 0 aliphatic carbocycles. The first-order valence-corrected chi connectivity index (χ1v) is 5.44. The second kappa shape index (κ2) is 3.94. The maximum absolute atomic E-state index is 9.06. The van der Waals surface area contributed by atoms with Crippen molar-refractivity contribution in [3.8, 4) is 10.6 Å². The van der Waals surface area contributed by atoms with Crippen molar-refractivity contribution in [1.82, 2.24) is 9.78 Å². The highest BCUT2D eigenvalue weighted by Crippen LogP contribution is 2.24. The first-order valence-electron chi connectivity index (χ1n) is 4.56. The smallest absolute Gasteiger partial charge is 0.136 e. The van der Waals surface area contributed by atoms with E-state index in [1.54, 1.807) is 16.0 Å². The van der Waals surface area contributed by atoms with Crippen LogP contribution in [0.15, 0.2) is 23.6 Å². The summed E-state index contributed by atoms with van der Waals surface area (Å²) in [5, 5.41) is 15.4. The molecule has 74 valence electrons. The molecule has 0 spiro atoms. The highest BCUT2D eigenvalue weighted by atomic mass is 32.1. The van der Waals surface area contributed by atoms with Crippen LogP contribution in [0.3, 0.4) is 0 Å². The Labute approximate surface area is 86.6 Å². The number of thiophene rings is 1. The largest absolute Gasteiger partial charge is 0.374 e. The van der Waals surface area contributed by atoms with Crippen molar-refractivity contribution >= 4 is 11.3 Å². The molecule has 0 aliphatic heterocycles. The van der Waals surface area contributed by atoms with Crippen LogP contribution in [0.5, 0.6) is 0 Å². The molecule has 3 nitrogen and oxygen atoms in total. The number of aryl methyl sites for hydroxylation is 1. The Hall–Kier alpha value is -1.13. The minimum absolute atomic E-state index is 0.0471. The molecular formula is C10H12N2OS. The van der Waals surface area contributed by atoms with Gasteiger partial charge >= 0.3 is 0 Å². The van der Waals surface area contributed by atoms with E-state index in [0.717, 1.165) is 22.7 Å². The normalized spacial score (nSPS) is 10.7. The standard InChI is InChI=1S/C10H12N2OS/c1-2-8-6-9(11-12(8)7-13)10-4-3-5-14-10/h3-6,13H,2,7H2,1H3. The molecule has 1 N–H and O–H groups in total. The maximum Gasteiger partial charge on any atom is 0.136 e. The summed E-state index contributed by atoms with van der Waals surface area (Å²) in [6.07, 6.45) is 0.888. The van der Waals surface area contributed by atoms with E-state index in [0.29, 0.717) is 0 Å². The molecule has 0 amide bonds. The number of nitrogens with zero attached hydrogens (tertiary/aromatic N) is 2. The van der Waals surface area contributed by atoms with E-state index in [-0.39, 0.29) is 6.73 Å². The third kappa shape index (κ3) is 1.58. The number of hydrogen-bond donors (Lipinski definition) is 1. The molecule has 0 bridgehead atoms. The summed E-state index contributed by atoms with van der Waals surface area (Å²) in [4.78, 5) is 1.15. The topological polar surface area (TPSA) is 38.0 Å². The van der Waals surface area contributed by atoms with Crippen molar-refractivity contribution < 1.29 is 5.11 Å². The zero-order valence-electron chi connectivity index (χ0n) is 7.97. The lowest BCUT2D eigenvalue weighted by Gasteiger charge is -1.98. The molecule has 2 rings (SSSR count). The summed E-state index contributed by atoms with van der Waals surface area (Å²) < 4.78 is 1.63. The van der Waals surface area contributed by atoms with Crippen LogP contribution in [0, 0.1) is 0 Å². The average molecular weight is 208 g/mol. The highest BCUT2D eigenvalue weighted by Gasteiger charge is 2.07. The van der Waals surface area contributed by atoms with Crippen molar-refractivity contribution in [1.29, 1.82) is 0 Å². The zero-order chi connectivity index (χ0) is 9.97. The van der Waals surface area contributed by atoms with E-state index in [1.807, 2.05) is 23.6 Å². The van der Waals surface area contributed by atoms with Crippen molar-refractivity contribution in [3.63, 3.8) is 0 Å². The molecule has 2 aromatic rings. The summed E-state index contributed by atoms with van der Waals surface area (Å²) in [6.45, 7) is 2.01. The second-order valence-electron chi connectivity index (χ2n) is 2.99. The van der Waals surface area contributed by atoms with Gasteiger partial charge in [0, 0.05) is 5.69 Å². The molecule has 4 heteroatoms. The summed E-state index contributed by atoms with van der Waals surface area (Å²) in [6, 6.07) is 6.07. The number of aliphatic hydroxyl groups excluding tert-OH is 1. The Balaban J connectivity index is 2.41. The molecule has 0 atom stereocenters. The van der Waals surface area contributed by atoms with Gasteiger partial charge in [0.25, 0.3) is 0 Å². The number of rotatable bonds is 3. The van der Waals surface area contributed by atoms with Gasteiger partial charge in [-0.1, -0.05) is 13.0 Å². The fourth-order valence-electron chi connectivity index (χ4n) is 1.41. The van der Waals surface area contributed by atoms with Gasteiger partial charge in [-0.2, -0.15) is 5.10 Å². The number of hydrogen-bond acceptors (Lipinski definition) is 3. The Bertz CT molecular complexity index is 384. The van der Waals surface area contributed by atoms with Gasteiger partial charge < -0.3 is 5.11 Å². The quantitative estimate of drug-likeness (QED) is 0.839. The van der Waals surface area contributed by atoms with E-state index in [1.165, 1.54) is 0 Å². The summed E-state index contributed by atoms with van der Waals surface area (Å²) >= 11 is 1.66. The lowest BCUT2D eigenvalue weighted by atomic mass is 10.3. The molecule has 0 radical (unpaired) electrons. The second-order valence-corrected chi connectivity index (χ2v) is 3.94. The lowest BCUT2D eigenvalue weighted by molar-refractivity contribution is 0.192. The van der Waals surface area contributed by atoms with E-state index in [2.05, 4.69) is 12.0 Å². The first kappa shape index (κ1) is 9.43. The molecule has 0 unspecified atom stereocenters. The Kier molecular flexibility index (Phi) is 2.65. The van der Waals surface area contributed by atoms with E-state index in [9.17, 15) is 0 Å². The van der Waals surface area contributed by atoms with Crippen LogP contribution < -0.4 is 0 Å². The molecule has 2 heterocycles. The van der Waals surface area contributed by atoms with Gasteiger partial charge in [0.2, 0.25) is 0 Å². The van der Waals surface area contributed by atoms with Crippen LogP contribution in [-0.4, -0.2) is 14.9 Å². The summed E-state index contributed by atoms with van der Waals surface area (Å²) in [5.41, 5.74) is 2.02. The van der Waals surface area contributed by atoms with E-state index < -0.39 is 0 Å². The van der Waals surface area contributed by atoms with Crippen LogP contribution in [0.25, 0.3) is 10.6 Å². The monoisotopic (exact) mass is 208 g/mol. The molecule has 0 aliphatic rings. The van der Waals surface area contributed by atoms with E-state index in [4.69, 9.17) is 5.11 Å². The van der Waals surface area contributed by atoms with Crippen molar-refractivity contribution in [2.75, 3.05) is 0 Å². The van der Waals surface area contributed by atoms with Crippen LogP contribution in [-0.2, 0) is 13.2 Å². The van der Waals surface area contributed by atoms with Crippen molar-refractivity contribution in [2.45, 2.75) is 20.1 Å². The molecule has 14 heavy (non-hydrogen) atoms. The van der Waals surface area contributed by atoms with Gasteiger partial charge in [0.1, 0.15) is 12.4 Å². The summed E-state index contributed by atoms with van der Waals surface area (Å²) in [7, 11) is 0. The van der Waals surface area contributed by atoms with Gasteiger partial charge in [-0.15, -0.1) is 11.3 Å². The third-order valence-electron chi connectivity index (χ3n) is 2.13. The molecule has 0 aromatic carbocycles. The van der Waals surface area contributed by atoms with Gasteiger partial charge in [0.15, 0.2) is 0 Å². The van der Waals surface area contributed by atoms with Gasteiger partial charge in [-0.3, -0.25) is 0 Å². The van der Waals surface area contributed by atoms with Crippen LogP contribution in [0.2, 0.25) is 0 Å². The highest BCUT2D eigenvalue weighted by molar-refractivity contribution is 7.13. The molecular weight excluding hydrogens is 196 g/mol. The molecule has 0 saturated heterocycles. The Morgan fingerprint density at radius 3 is 2.93 bits per heavy atom. The van der Waals surface area contributed by atoms with Crippen LogP contribution in [0.4, 0.5) is 0 Å². The first-order chi connectivity index (χ1) is 6.85. The Morgan fingerprint density at radius 1 is 1.57 bits per heavy atom. The minimum atomic E-state index is -0.0471. The molecule has 0 saturated carbocycles. The molecule has 2 aromatic heterocycles. The predicted molar refractivity (Wildman–Crippen MR) is 57.1 cm³/mol. The van der Waals surface area contributed by atoms with Crippen LogP contribution in [0.1, 0.15) is 12.6 Å². The predicted octanol–water partition coefficient (Wildman–Crippen LogP) is 2.12. The van der Waals surface area contributed by atoms with Gasteiger partial charge in [-0.05, 0) is 23.9 Å². The lowest BCUT2D eigenvalue weighted by Crippen LogP contribution is -2.02. The summed E-state index contributed by atoms with van der Waals surface area (Å²) in [5.74, 6) is 0. The van der Waals surface area contributed by atoms with Gasteiger partial charge in [-0.25, -0.2) is 4.68 Å². The van der Waals surface area contributed by atoms with Crippen LogP contribution >= 0.6 is 11.3 Å². The van der Waals surface area contributed by atoms with E-state index >= 15 is 0 Å². The number of aromatic nitrogens is 2. The SMILES string of the molecule is CCc1cc(-c2cccs2)nn1CO. The zero-order valence-corrected chi connectivity index (χ0v) is 8.79. The molecule has 0 fully saturated rings. The fraction of sp³-hybridized carbons (Fsp3) is 0.300. The van der Waals surface area contributed by atoms with Gasteiger partial charge in [0.05, 0.1) is 4.88 Å². The maximum atomic E-state index is 9.06.